The zero-order valence-corrected chi connectivity index (χ0v) is 16.1. The summed E-state index contributed by atoms with van der Waals surface area (Å²) in [6, 6.07) is 10.0. The Bertz CT molecular complexity index is 878. The maximum Gasteiger partial charge on any atom is 0.262 e. The minimum absolute atomic E-state index is 0.0532. The predicted molar refractivity (Wildman–Crippen MR) is 104 cm³/mol. The van der Waals surface area contributed by atoms with Crippen LogP contribution in [0, 0.1) is 11.6 Å². The maximum absolute atomic E-state index is 13.8. The molecule has 2 amide bonds. The van der Waals surface area contributed by atoms with Gasteiger partial charge in [-0.15, -0.1) is 11.8 Å². The van der Waals surface area contributed by atoms with Crippen molar-refractivity contribution in [3.63, 3.8) is 0 Å². The third kappa shape index (κ3) is 4.62. The van der Waals surface area contributed by atoms with E-state index in [1.165, 1.54) is 4.90 Å². The van der Waals surface area contributed by atoms with E-state index in [-0.39, 0.29) is 29.0 Å². The van der Waals surface area contributed by atoms with Gasteiger partial charge >= 0.3 is 0 Å². The van der Waals surface area contributed by atoms with Crippen LogP contribution in [0.4, 0.5) is 14.5 Å². The van der Waals surface area contributed by atoms with E-state index in [0.717, 1.165) is 36.4 Å². The molecule has 3 rings (SSSR count). The molecule has 0 aliphatic carbocycles. The molecule has 28 heavy (non-hydrogen) atoms. The third-order valence-electron chi connectivity index (χ3n) is 4.16. The number of ether oxygens (including phenoxy) is 1. The molecule has 1 N–H and O–H groups in total. The zero-order chi connectivity index (χ0) is 20.1. The maximum atomic E-state index is 13.8. The smallest absolute Gasteiger partial charge is 0.262 e. The first-order valence-corrected chi connectivity index (χ1v) is 9.89. The summed E-state index contributed by atoms with van der Waals surface area (Å²) < 4.78 is 32.9. The van der Waals surface area contributed by atoms with Crippen molar-refractivity contribution in [2.45, 2.75) is 24.3 Å². The molecule has 0 fully saturated rings. The molecule has 0 saturated carbocycles. The van der Waals surface area contributed by atoms with Crippen molar-refractivity contribution >= 4 is 29.3 Å². The molecule has 1 heterocycles. The molecule has 0 radical (unpaired) electrons. The molecule has 1 aliphatic heterocycles. The van der Waals surface area contributed by atoms with E-state index in [0.29, 0.717) is 18.0 Å². The zero-order valence-electron chi connectivity index (χ0n) is 15.3. The van der Waals surface area contributed by atoms with E-state index in [1.807, 2.05) is 6.92 Å². The van der Waals surface area contributed by atoms with Crippen LogP contribution in [0.3, 0.4) is 0 Å². The molecule has 1 atom stereocenters. The van der Waals surface area contributed by atoms with Crippen molar-refractivity contribution in [3.05, 3.63) is 54.1 Å². The van der Waals surface area contributed by atoms with Gasteiger partial charge in [-0.05, 0) is 36.8 Å². The van der Waals surface area contributed by atoms with Crippen LogP contribution in [0.25, 0.3) is 0 Å². The molecule has 8 heteroatoms. The summed E-state index contributed by atoms with van der Waals surface area (Å²) in [4.78, 5) is 26.7. The Balaban J connectivity index is 1.75. The number of hydrogen-bond donors (Lipinski definition) is 1. The van der Waals surface area contributed by atoms with Gasteiger partial charge in [0.15, 0.2) is 6.10 Å². The second-order valence-corrected chi connectivity index (χ2v) is 7.25. The summed E-state index contributed by atoms with van der Waals surface area (Å²) in [5, 5.41) is 2.77. The van der Waals surface area contributed by atoms with Gasteiger partial charge in [0, 0.05) is 11.4 Å². The van der Waals surface area contributed by atoms with E-state index in [9.17, 15) is 18.4 Å². The highest BCUT2D eigenvalue weighted by molar-refractivity contribution is 8.00. The molecular weight excluding hydrogens is 386 g/mol. The highest BCUT2D eigenvalue weighted by Crippen LogP contribution is 2.34. The van der Waals surface area contributed by atoms with Crippen molar-refractivity contribution in [1.29, 1.82) is 0 Å². The fourth-order valence-electron chi connectivity index (χ4n) is 2.77. The van der Waals surface area contributed by atoms with Crippen LogP contribution in [0.15, 0.2) is 47.4 Å². The van der Waals surface area contributed by atoms with E-state index in [4.69, 9.17) is 4.74 Å². The number of nitrogens with one attached hydrogen (secondary N) is 1. The Morgan fingerprint density at radius 3 is 2.82 bits per heavy atom. The minimum Gasteiger partial charge on any atom is -0.477 e. The average Bonchev–Trinajstić information content (AvgIpc) is 2.71. The third-order valence-corrected chi connectivity index (χ3v) is 5.18. The van der Waals surface area contributed by atoms with Crippen LogP contribution in [-0.4, -0.2) is 36.8 Å². The molecule has 2 aromatic rings. The largest absolute Gasteiger partial charge is 0.477 e. The summed E-state index contributed by atoms with van der Waals surface area (Å²) in [7, 11) is 0. The van der Waals surface area contributed by atoms with Crippen LogP contribution in [-0.2, 0) is 9.59 Å². The van der Waals surface area contributed by atoms with E-state index in [2.05, 4.69) is 5.32 Å². The highest BCUT2D eigenvalue weighted by Gasteiger charge is 2.33. The van der Waals surface area contributed by atoms with Crippen LogP contribution < -0.4 is 15.0 Å². The number of carbonyl (C=O) groups is 2. The normalized spacial score (nSPS) is 15.5. The molecule has 0 unspecified atom stereocenters. The van der Waals surface area contributed by atoms with Crippen LogP contribution in [0.2, 0.25) is 0 Å². The lowest BCUT2D eigenvalue weighted by Gasteiger charge is -2.34. The Morgan fingerprint density at radius 2 is 2.04 bits per heavy atom. The fraction of sp³-hybridized carbons (Fsp3) is 0.300. The number of anilines is 1. The highest BCUT2D eigenvalue weighted by atomic mass is 32.2. The Labute approximate surface area is 166 Å². The van der Waals surface area contributed by atoms with Gasteiger partial charge in [0.2, 0.25) is 5.91 Å². The molecular formula is C20H20F2N2O3S. The number of rotatable bonds is 6. The van der Waals surface area contributed by atoms with Gasteiger partial charge in [0.05, 0.1) is 18.0 Å². The summed E-state index contributed by atoms with van der Waals surface area (Å²) in [6.07, 6.45) is -0.0469. The standard InChI is InChI=1S/C20H20F2N2O3S/c1-2-9-23-20(26)17-11-24(15-5-3-4-6-16(15)27-17)19(25)12-28-18-10-13(21)7-8-14(18)22/h3-8,10,17H,2,9,11-12H2,1H3,(H,23,26)/t17-/m1/s1. The van der Waals surface area contributed by atoms with Gasteiger partial charge < -0.3 is 15.0 Å². The summed E-state index contributed by atoms with van der Waals surface area (Å²) in [6.45, 7) is 2.51. The minimum atomic E-state index is -0.832. The van der Waals surface area contributed by atoms with Gasteiger partial charge in [-0.1, -0.05) is 19.1 Å². The van der Waals surface area contributed by atoms with Crippen molar-refractivity contribution in [1.82, 2.24) is 5.32 Å². The number of halogens is 2. The van der Waals surface area contributed by atoms with Gasteiger partial charge in [-0.25, -0.2) is 8.78 Å². The summed E-state index contributed by atoms with van der Waals surface area (Å²) >= 11 is 0.914. The molecule has 2 aromatic carbocycles. The van der Waals surface area contributed by atoms with Crippen molar-refractivity contribution in [3.8, 4) is 5.75 Å². The lowest BCUT2D eigenvalue weighted by Crippen LogP contribution is -2.51. The molecule has 0 bridgehead atoms. The molecule has 0 saturated heterocycles. The number of amides is 2. The Morgan fingerprint density at radius 1 is 1.25 bits per heavy atom. The molecule has 0 spiro atoms. The molecule has 148 valence electrons. The summed E-state index contributed by atoms with van der Waals surface area (Å²) in [5.41, 5.74) is 0.548. The van der Waals surface area contributed by atoms with Gasteiger partial charge in [0.1, 0.15) is 17.4 Å². The molecule has 0 aromatic heterocycles. The molecule has 1 aliphatic rings. The Kier molecular flexibility index (Phi) is 6.51. The topological polar surface area (TPSA) is 58.6 Å². The van der Waals surface area contributed by atoms with Crippen LogP contribution in [0.5, 0.6) is 5.75 Å². The first kappa shape index (κ1) is 20.1. The van der Waals surface area contributed by atoms with E-state index < -0.39 is 17.7 Å². The number of carbonyl (C=O) groups excluding carboxylic acids is 2. The average molecular weight is 406 g/mol. The first-order chi connectivity index (χ1) is 13.5. The van der Waals surface area contributed by atoms with Crippen molar-refractivity contribution < 1.29 is 23.1 Å². The second kappa shape index (κ2) is 9.05. The lowest BCUT2D eigenvalue weighted by molar-refractivity contribution is -0.128. The van der Waals surface area contributed by atoms with Crippen LogP contribution >= 0.6 is 11.8 Å². The summed E-state index contributed by atoms with van der Waals surface area (Å²) in [5.74, 6) is -1.44. The van der Waals surface area contributed by atoms with E-state index >= 15 is 0 Å². The van der Waals surface area contributed by atoms with Gasteiger partial charge in [-0.3, -0.25) is 9.59 Å². The fourth-order valence-corrected chi connectivity index (χ4v) is 3.61. The predicted octanol–water partition coefficient (Wildman–Crippen LogP) is 3.38. The monoisotopic (exact) mass is 406 g/mol. The van der Waals surface area contributed by atoms with Crippen molar-refractivity contribution in [2.24, 2.45) is 0 Å². The molecule has 5 nitrogen and oxygen atoms in total. The second-order valence-electron chi connectivity index (χ2n) is 6.23. The number of nitrogens with zero attached hydrogens (tertiary/aromatic N) is 1. The van der Waals surface area contributed by atoms with Gasteiger partial charge in [0.25, 0.3) is 5.91 Å². The number of thioether (sulfide) groups is 1. The van der Waals surface area contributed by atoms with Crippen LogP contribution in [0.1, 0.15) is 13.3 Å². The number of fused-ring (bicyclic) bond motifs is 1. The van der Waals surface area contributed by atoms with Gasteiger partial charge in [-0.2, -0.15) is 0 Å². The SMILES string of the molecule is CCCNC(=O)[C@H]1CN(C(=O)CSc2cc(F)ccc2F)c2ccccc2O1. The number of hydrogen-bond acceptors (Lipinski definition) is 4. The number of para-hydroxylation sites is 2. The Hall–Kier alpha value is -2.61. The number of benzene rings is 2. The lowest BCUT2D eigenvalue weighted by atomic mass is 10.1. The van der Waals surface area contributed by atoms with Crippen molar-refractivity contribution in [2.75, 3.05) is 23.7 Å². The first-order valence-electron chi connectivity index (χ1n) is 8.91. The quantitative estimate of drug-likeness (QED) is 0.748. The van der Waals surface area contributed by atoms with E-state index in [1.54, 1.807) is 24.3 Å².